The van der Waals surface area contributed by atoms with Gasteiger partial charge in [-0.05, 0) is 31.0 Å². The van der Waals surface area contributed by atoms with Gasteiger partial charge in [-0.15, -0.1) is 0 Å². The molecule has 2 aromatic rings. The number of benzene rings is 1. The van der Waals surface area contributed by atoms with Crippen LogP contribution in [-0.2, 0) is 14.8 Å². The summed E-state index contributed by atoms with van der Waals surface area (Å²) >= 11 is 5.99. The number of nitrogens with zero attached hydrogens (tertiary/aromatic N) is 2. The van der Waals surface area contributed by atoms with Gasteiger partial charge < -0.3 is 4.74 Å². The minimum absolute atomic E-state index is 0.158. The number of hydrogen-bond donors (Lipinski definition) is 1. The number of aromatic nitrogens is 2. The third-order valence-electron chi connectivity index (χ3n) is 3.64. The molecule has 8 heteroatoms. The molecule has 3 rings (SSSR count). The van der Waals surface area contributed by atoms with Crippen molar-refractivity contribution in [2.75, 3.05) is 17.9 Å². The van der Waals surface area contributed by atoms with E-state index >= 15 is 0 Å². The molecule has 0 saturated carbocycles. The Morgan fingerprint density at radius 2 is 2.27 bits per heavy atom. The predicted molar refractivity (Wildman–Crippen MR) is 83.7 cm³/mol. The molecule has 6 nitrogen and oxygen atoms in total. The molecule has 1 atom stereocenters. The minimum atomic E-state index is -3.70. The second kappa shape index (κ2) is 5.91. The Labute approximate surface area is 134 Å². The summed E-state index contributed by atoms with van der Waals surface area (Å²) in [5.74, 6) is 0. The van der Waals surface area contributed by atoms with Gasteiger partial charge in [0.2, 0.25) is 0 Å². The third-order valence-corrected chi connectivity index (χ3v) is 5.58. The Morgan fingerprint density at radius 3 is 3.00 bits per heavy atom. The number of halogens is 1. The number of nitrogens with one attached hydrogen (secondary N) is 1. The highest BCUT2D eigenvalue weighted by atomic mass is 35.5. The molecule has 1 saturated heterocycles. The second-order valence-electron chi connectivity index (χ2n) is 5.19. The van der Waals surface area contributed by atoms with Crippen molar-refractivity contribution >= 4 is 27.3 Å². The maximum atomic E-state index is 12.5. The highest BCUT2D eigenvalue weighted by Gasteiger charge is 2.21. The van der Waals surface area contributed by atoms with Crippen LogP contribution in [0.3, 0.4) is 0 Å². The molecule has 1 N–H and O–H groups in total. The van der Waals surface area contributed by atoms with Crippen LogP contribution in [0, 0.1) is 6.92 Å². The zero-order valence-electron chi connectivity index (χ0n) is 12.0. The average Bonchev–Trinajstić information content (AvgIpc) is 3.11. The lowest BCUT2D eigenvalue weighted by atomic mass is 10.2. The van der Waals surface area contributed by atoms with Gasteiger partial charge in [0.05, 0.1) is 29.4 Å². The zero-order valence-corrected chi connectivity index (χ0v) is 13.6. The molecule has 0 aliphatic carbocycles. The SMILES string of the molecule is Cc1c(Cl)cccc1S(=O)(=O)Nc1cnn([C@H]2CCOC2)c1. The van der Waals surface area contributed by atoms with Crippen LogP contribution in [0.25, 0.3) is 0 Å². The molecule has 1 aliphatic rings. The molecule has 0 radical (unpaired) electrons. The molecular weight excluding hydrogens is 326 g/mol. The van der Waals surface area contributed by atoms with Crippen molar-refractivity contribution in [2.45, 2.75) is 24.3 Å². The Hall–Kier alpha value is -1.57. The fourth-order valence-electron chi connectivity index (χ4n) is 2.41. The van der Waals surface area contributed by atoms with Crippen molar-refractivity contribution in [2.24, 2.45) is 0 Å². The summed E-state index contributed by atoms with van der Waals surface area (Å²) in [5.41, 5.74) is 0.944. The van der Waals surface area contributed by atoms with E-state index in [0.29, 0.717) is 29.5 Å². The quantitative estimate of drug-likeness (QED) is 0.927. The van der Waals surface area contributed by atoms with E-state index in [4.69, 9.17) is 16.3 Å². The van der Waals surface area contributed by atoms with Gasteiger partial charge in [-0.3, -0.25) is 9.40 Å². The Balaban J connectivity index is 1.84. The first-order valence-electron chi connectivity index (χ1n) is 6.87. The van der Waals surface area contributed by atoms with Gasteiger partial charge in [0.15, 0.2) is 0 Å². The largest absolute Gasteiger partial charge is 0.379 e. The van der Waals surface area contributed by atoms with Gasteiger partial charge in [0.25, 0.3) is 10.0 Å². The van der Waals surface area contributed by atoms with E-state index in [1.807, 2.05) is 0 Å². The molecule has 118 valence electrons. The standard InChI is InChI=1S/C14H16ClN3O3S/c1-10-13(15)3-2-4-14(10)22(19,20)17-11-7-16-18(8-11)12-5-6-21-9-12/h2-4,7-8,12,17H,5-6,9H2,1H3/t12-/m0/s1. The molecule has 0 bridgehead atoms. The monoisotopic (exact) mass is 341 g/mol. The van der Waals surface area contributed by atoms with E-state index in [1.54, 1.807) is 29.9 Å². The summed E-state index contributed by atoms with van der Waals surface area (Å²) in [6.45, 7) is 2.98. The van der Waals surface area contributed by atoms with Gasteiger partial charge in [0.1, 0.15) is 0 Å². The van der Waals surface area contributed by atoms with Crippen molar-refractivity contribution in [1.82, 2.24) is 9.78 Å². The molecule has 1 aromatic carbocycles. The van der Waals surface area contributed by atoms with Crippen LogP contribution in [0.15, 0.2) is 35.5 Å². The molecule has 0 unspecified atom stereocenters. The van der Waals surface area contributed by atoms with E-state index in [-0.39, 0.29) is 10.9 Å². The fourth-order valence-corrected chi connectivity index (χ4v) is 3.94. The first-order chi connectivity index (χ1) is 10.5. The molecular formula is C14H16ClN3O3S. The summed E-state index contributed by atoms with van der Waals surface area (Å²) in [6.07, 6.45) is 4.05. The van der Waals surface area contributed by atoms with Crippen LogP contribution in [0.1, 0.15) is 18.0 Å². The number of ether oxygens (including phenoxy) is 1. The summed E-state index contributed by atoms with van der Waals surface area (Å²) < 4.78 is 34.5. The van der Waals surface area contributed by atoms with Crippen molar-refractivity contribution in [3.63, 3.8) is 0 Å². The molecule has 22 heavy (non-hydrogen) atoms. The first kappa shape index (κ1) is 15.3. The second-order valence-corrected chi connectivity index (χ2v) is 7.25. The highest BCUT2D eigenvalue weighted by Crippen LogP contribution is 2.25. The van der Waals surface area contributed by atoms with Gasteiger partial charge in [-0.25, -0.2) is 8.42 Å². The van der Waals surface area contributed by atoms with Gasteiger partial charge in [-0.1, -0.05) is 17.7 Å². The molecule has 1 aromatic heterocycles. The summed E-state index contributed by atoms with van der Waals surface area (Å²) in [4.78, 5) is 0.164. The lowest BCUT2D eigenvalue weighted by Gasteiger charge is -2.10. The van der Waals surface area contributed by atoms with Crippen LogP contribution in [-0.4, -0.2) is 31.4 Å². The molecule has 0 amide bonds. The van der Waals surface area contributed by atoms with E-state index < -0.39 is 10.0 Å². The van der Waals surface area contributed by atoms with E-state index in [2.05, 4.69) is 9.82 Å². The summed E-state index contributed by atoms with van der Waals surface area (Å²) in [7, 11) is -3.70. The Morgan fingerprint density at radius 1 is 1.45 bits per heavy atom. The topological polar surface area (TPSA) is 73.2 Å². The van der Waals surface area contributed by atoms with Crippen LogP contribution in [0.5, 0.6) is 0 Å². The lowest BCUT2D eigenvalue weighted by Crippen LogP contribution is -2.14. The smallest absolute Gasteiger partial charge is 0.262 e. The molecule has 1 aliphatic heterocycles. The van der Waals surface area contributed by atoms with Crippen molar-refractivity contribution in [3.8, 4) is 0 Å². The fraction of sp³-hybridized carbons (Fsp3) is 0.357. The number of anilines is 1. The number of sulfonamides is 1. The Kier molecular flexibility index (Phi) is 4.12. The van der Waals surface area contributed by atoms with Gasteiger partial charge >= 0.3 is 0 Å². The summed E-state index contributed by atoms with van der Waals surface area (Å²) in [6, 6.07) is 4.96. The van der Waals surface area contributed by atoms with Crippen LogP contribution < -0.4 is 4.72 Å². The first-order valence-corrected chi connectivity index (χ1v) is 8.73. The Bertz CT molecular complexity index is 782. The van der Waals surface area contributed by atoms with E-state index in [1.165, 1.54) is 12.3 Å². The maximum absolute atomic E-state index is 12.5. The molecule has 1 fully saturated rings. The van der Waals surface area contributed by atoms with Crippen LogP contribution >= 0.6 is 11.6 Å². The van der Waals surface area contributed by atoms with Crippen molar-refractivity contribution in [3.05, 3.63) is 41.2 Å². The van der Waals surface area contributed by atoms with Crippen molar-refractivity contribution in [1.29, 1.82) is 0 Å². The third kappa shape index (κ3) is 2.97. The normalized spacial score (nSPS) is 18.5. The van der Waals surface area contributed by atoms with Gasteiger partial charge in [0, 0.05) is 17.8 Å². The molecule has 2 heterocycles. The lowest BCUT2D eigenvalue weighted by molar-refractivity contribution is 0.184. The van der Waals surface area contributed by atoms with E-state index in [0.717, 1.165) is 6.42 Å². The van der Waals surface area contributed by atoms with E-state index in [9.17, 15) is 8.42 Å². The van der Waals surface area contributed by atoms with Crippen LogP contribution in [0.4, 0.5) is 5.69 Å². The van der Waals surface area contributed by atoms with Crippen molar-refractivity contribution < 1.29 is 13.2 Å². The summed E-state index contributed by atoms with van der Waals surface area (Å²) in [5, 5.41) is 4.62. The zero-order chi connectivity index (χ0) is 15.7. The minimum Gasteiger partial charge on any atom is -0.379 e. The number of rotatable bonds is 4. The van der Waals surface area contributed by atoms with Crippen LogP contribution in [0.2, 0.25) is 5.02 Å². The number of hydrogen-bond acceptors (Lipinski definition) is 4. The predicted octanol–water partition coefficient (Wildman–Crippen LogP) is 2.61. The maximum Gasteiger partial charge on any atom is 0.262 e. The highest BCUT2D eigenvalue weighted by molar-refractivity contribution is 7.92. The molecule has 0 spiro atoms. The van der Waals surface area contributed by atoms with Gasteiger partial charge in [-0.2, -0.15) is 5.10 Å². The average molecular weight is 342 g/mol.